The highest BCUT2D eigenvalue weighted by Crippen LogP contribution is 2.26. The summed E-state index contributed by atoms with van der Waals surface area (Å²) in [6, 6.07) is 11.3. The van der Waals surface area contributed by atoms with Crippen LogP contribution < -0.4 is 10.6 Å². The average Bonchev–Trinajstić information content (AvgIpc) is 3.18. The van der Waals surface area contributed by atoms with Gasteiger partial charge in [0.05, 0.1) is 6.04 Å². The van der Waals surface area contributed by atoms with E-state index in [-0.39, 0.29) is 12.1 Å². The van der Waals surface area contributed by atoms with Gasteiger partial charge in [-0.2, -0.15) is 0 Å². The topological polar surface area (TPSA) is 71.8 Å². The Bertz CT molecular complexity index is 796. The number of hydrogen-bond acceptors (Lipinski definition) is 4. The first kappa shape index (κ1) is 15.2. The molecule has 0 spiro atoms. The zero-order valence-electron chi connectivity index (χ0n) is 12.9. The van der Waals surface area contributed by atoms with Gasteiger partial charge in [-0.3, -0.25) is 0 Å². The van der Waals surface area contributed by atoms with E-state index in [1.807, 2.05) is 49.7 Å². The SMILES string of the molecule is C[C@@H](NC(=O)Nc1cccc(-c2cccs2)c1)c1nncn1C. The van der Waals surface area contributed by atoms with Gasteiger partial charge in [0.2, 0.25) is 0 Å². The number of thiophene rings is 1. The molecule has 23 heavy (non-hydrogen) atoms. The van der Waals surface area contributed by atoms with Crippen LogP contribution in [0.4, 0.5) is 10.5 Å². The van der Waals surface area contributed by atoms with Gasteiger partial charge < -0.3 is 15.2 Å². The van der Waals surface area contributed by atoms with E-state index in [4.69, 9.17) is 0 Å². The molecule has 3 aromatic rings. The zero-order valence-corrected chi connectivity index (χ0v) is 13.7. The molecule has 1 atom stereocenters. The van der Waals surface area contributed by atoms with Crippen molar-refractivity contribution in [3.05, 3.63) is 53.9 Å². The van der Waals surface area contributed by atoms with Crippen LogP contribution in [0.2, 0.25) is 0 Å². The van der Waals surface area contributed by atoms with Crippen molar-refractivity contribution in [2.75, 3.05) is 5.32 Å². The van der Waals surface area contributed by atoms with E-state index in [2.05, 4.69) is 26.9 Å². The molecule has 118 valence electrons. The van der Waals surface area contributed by atoms with Gasteiger partial charge in [0, 0.05) is 17.6 Å². The third kappa shape index (κ3) is 3.57. The number of amides is 2. The molecular weight excluding hydrogens is 310 g/mol. The maximum Gasteiger partial charge on any atom is 0.319 e. The van der Waals surface area contributed by atoms with Gasteiger partial charge in [0.1, 0.15) is 6.33 Å². The predicted octanol–water partition coefficient (Wildman–Crippen LogP) is 3.43. The van der Waals surface area contributed by atoms with Crippen molar-refractivity contribution in [2.24, 2.45) is 7.05 Å². The minimum absolute atomic E-state index is 0.233. The van der Waals surface area contributed by atoms with Crippen LogP contribution >= 0.6 is 11.3 Å². The minimum atomic E-state index is -0.274. The lowest BCUT2D eigenvalue weighted by atomic mass is 10.1. The van der Waals surface area contributed by atoms with Gasteiger partial charge in [-0.05, 0) is 36.1 Å². The van der Waals surface area contributed by atoms with Crippen LogP contribution in [0.15, 0.2) is 48.1 Å². The standard InChI is InChI=1S/C16H17N5OS/c1-11(15-20-17-10-21(15)2)18-16(22)19-13-6-3-5-12(9-13)14-7-4-8-23-14/h3-11H,1-2H3,(H2,18,19,22)/t11-/m1/s1. The highest BCUT2D eigenvalue weighted by atomic mass is 32.1. The van der Waals surface area contributed by atoms with Crippen molar-refractivity contribution >= 4 is 23.1 Å². The minimum Gasteiger partial charge on any atom is -0.328 e. The van der Waals surface area contributed by atoms with Crippen LogP contribution in [0.3, 0.4) is 0 Å². The number of hydrogen-bond donors (Lipinski definition) is 2. The summed E-state index contributed by atoms with van der Waals surface area (Å²) in [6.07, 6.45) is 1.61. The molecule has 0 saturated carbocycles. The van der Waals surface area contributed by atoms with Crippen LogP contribution in [0.25, 0.3) is 10.4 Å². The molecule has 0 bridgehead atoms. The largest absolute Gasteiger partial charge is 0.328 e. The first-order chi connectivity index (χ1) is 11.1. The van der Waals surface area contributed by atoms with E-state index in [1.165, 1.54) is 4.88 Å². The summed E-state index contributed by atoms with van der Waals surface area (Å²) >= 11 is 1.67. The molecular formula is C16H17N5OS. The second kappa shape index (κ2) is 6.62. The lowest BCUT2D eigenvalue weighted by Crippen LogP contribution is -2.32. The predicted molar refractivity (Wildman–Crippen MR) is 91.3 cm³/mol. The molecule has 0 radical (unpaired) electrons. The number of aromatic nitrogens is 3. The van der Waals surface area contributed by atoms with Crippen LogP contribution in [-0.4, -0.2) is 20.8 Å². The maximum atomic E-state index is 12.2. The molecule has 2 heterocycles. The monoisotopic (exact) mass is 327 g/mol. The van der Waals surface area contributed by atoms with Crippen molar-refractivity contribution in [1.29, 1.82) is 0 Å². The van der Waals surface area contributed by atoms with Gasteiger partial charge in [-0.25, -0.2) is 4.79 Å². The second-order valence-electron chi connectivity index (χ2n) is 5.18. The summed E-state index contributed by atoms with van der Waals surface area (Å²) < 4.78 is 1.78. The zero-order chi connectivity index (χ0) is 16.2. The number of aryl methyl sites for hydroxylation is 1. The van der Waals surface area contributed by atoms with Gasteiger partial charge in [0.15, 0.2) is 5.82 Å². The smallest absolute Gasteiger partial charge is 0.319 e. The van der Waals surface area contributed by atoms with E-state index in [1.54, 1.807) is 22.2 Å². The fraction of sp³-hybridized carbons (Fsp3) is 0.188. The third-order valence-electron chi connectivity index (χ3n) is 3.41. The molecule has 2 aromatic heterocycles. The van der Waals surface area contributed by atoms with Crippen molar-refractivity contribution in [2.45, 2.75) is 13.0 Å². The Morgan fingerprint density at radius 1 is 1.30 bits per heavy atom. The number of rotatable bonds is 4. The third-order valence-corrected chi connectivity index (χ3v) is 4.33. The number of urea groups is 1. The number of nitrogens with zero attached hydrogens (tertiary/aromatic N) is 3. The summed E-state index contributed by atoms with van der Waals surface area (Å²) in [7, 11) is 1.84. The molecule has 0 aliphatic carbocycles. The number of nitrogens with one attached hydrogen (secondary N) is 2. The lowest BCUT2D eigenvalue weighted by molar-refractivity contribution is 0.248. The molecule has 1 aromatic carbocycles. The Labute approximate surface area is 138 Å². The van der Waals surface area contributed by atoms with E-state index in [0.29, 0.717) is 5.82 Å². The quantitative estimate of drug-likeness (QED) is 0.771. The summed E-state index contributed by atoms with van der Waals surface area (Å²) in [5.41, 5.74) is 1.83. The van der Waals surface area contributed by atoms with Crippen molar-refractivity contribution in [3.8, 4) is 10.4 Å². The van der Waals surface area contributed by atoms with Crippen molar-refractivity contribution in [1.82, 2.24) is 20.1 Å². The fourth-order valence-corrected chi connectivity index (χ4v) is 3.03. The summed E-state index contributed by atoms with van der Waals surface area (Å²) in [5, 5.41) is 15.6. The lowest BCUT2D eigenvalue weighted by Gasteiger charge is -2.14. The summed E-state index contributed by atoms with van der Waals surface area (Å²) in [6.45, 7) is 1.87. The Balaban J connectivity index is 1.66. The Morgan fingerprint density at radius 2 is 2.17 bits per heavy atom. The molecule has 0 unspecified atom stereocenters. The highest BCUT2D eigenvalue weighted by molar-refractivity contribution is 7.13. The molecule has 2 N–H and O–H groups in total. The molecule has 6 nitrogen and oxygen atoms in total. The van der Waals surface area contributed by atoms with E-state index in [9.17, 15) is 4.79 Å². The normalized spacial score (nSPS) is 11.9. The molecule has 7 heteroatoms. The maximum absolute atomic E-state index is 12.2. The van der Waals surface area contributed by atoms with Gasteiger partial charge >= 0.3 is 6.03 Å². The Morgan fingerprint density at radius 3 is 2.87 bits per heavy atom. The van der Waals surface area contributed by atoms with Gasteiger partial charge in [0.25, 0.3) is 0 Å². The Hall–Kier alpha value is -2.67. The number of carbonyl (C=O) groups excluding carboxylic acids is 1. The fourth-order valence-electron chi connectivity index (χ4n) is 2.31. The molecule has 0 fully saturated rings. The second-order valence-corrected chi connectivity index (χ2v) is 6.13. The molecule has 3 rings (SSSR count). The molecule has 0 aliphatic rings. The number of benzene rings is 1. The van der Waals surface area contributed by atoms with E-state index in [0.717, 1.165) is 11.3 Å². The van der Waals surface area contributed by atoms with Crippen molar-refractivity contribution < 1.29 is 4.79 Å². The van der Waals surface area contributed by atoms with E-state index >= 15 is 0 Å². The molecule has 2 amide bonds. The first-order valence-electron chi connectivity index (χ1n) is 7.19. The van der Waals surface area contributed by atoms with Crippen LogP contribution in [0.5, 0.6) is 0 Å². The number of anilines is 1. The highest BCUT2D eigenvalue weighted by Gasteiger charge is 2.14. The molecule has 0 aliphatic heterocycles. The average molecular weight is 327 g/mol. The van der Waals surface area contributed by atoms with Gasteiger partial charge in [-0.1, -0.05) is 18.2 Å². The summed E-state index contributed by atoms with van der Waals surface area (Å²) in [5.74, 6) is 0.701. The Kier molecular flexibility index (Phi) is 4.38. The van der Waals surface area contributed by atoms with E-state index < -0.39 is 0 Å². The summed E-state index contributed by atoms with van der Waals surface area (Å²) in [4.78, 5) is 13.3. The van der Waals surface area contributed by atoms with Crippen LogP contribution in [0, 0.1) is 0 Å². The number of carbonyl (C=O) groups is 1. The first-order valence-corrected chi connectivity index (χ1v) is 8.07. The van der Waals surface area contributed by atoms with Crippen molar-refractivity contribution in [3.63, 3.8) is 0 Å². The van der Waals surface area contributed by atoms with Crippen LogP contribution in [-0.2, 0) is 7.05 Å². The van der Waals surface area contributed by atoms with Crippen LogP contribution in [0.1, 0.15) is 18.8 Å². The molecule has 0 saturated heterocycles. The van der Waals surface area contributed by atoms with Gasteiger partial charge in [-0.15, -0.1) is 21.5 Å².